The standard InChI is InChI=1S/C27H29N3O6S/c1-5-30-10-9-18-21(14-30)37-26-22(18)25(31)28-24(29-26)15-7-6-8-17(11-15)36-27(32)16-12-19(33-2)23(35-4)20(13-16)34-3/h6-8,11-13,24,29H,5,9-10,14H2,1-4H3,(H,28,31). The molecule has 37 heavy (non-hydrogen) atoms. The molecule has 2 aliphatic heterocycles. The van der Waals surface area contributed by atoms with Gasteiger partial charge in [-0.05, 0) is 48.4 Å². The van der Waals surface area contributed by atoms with Crippen molar-refractivity contribution in [2.45, 2.75) is 26.1 Å². The Hall–Kier alpha value is -3.76. The third-order valence-corrected chi connectivity index (χ3v) is 7.81. The lowest BCUT2D eigenvalue weighted by Crippen LogP contribution is -2.38. The predicted molar refractivity (Wildman–Crippen MR) is 140 cm³/mol. The van der Waals surface area contributed by atoms with Crippen LogP contribution < -0.4 is 29.6 Å². The number of hydrogen-bond donors (Lipinski definition) is 2. The Morgan fingerprint density at radius 1 is 1.08 bits per heavy atom. The minimum Gasteiger partial charge on any atom is -0.493 e. The van der Waals surface area contributed by atoms with Crippen LogP contribution in [0, 0.1) is 0 Å². The maximum absolute atomic E-state index is 13.1. The number of esters is 1. The molecule has 0 saturated heterocycles. The van der Waals surface area contributed by atoms with Gasteiger partial charge in [-0.1, -0.05) is 19.1 Å². The predicted octanol–water partition coefficient (Wildman–Crippen LogP) is 4.23. The smallest absolute Gasteiger partial charge is 0.343 e. The maximum atomic E-state index is 13.1. The number of carbonyl (C=O) groups is 2. The van der Waals surface area contributed by atoms with Crippen LogP contribution in [0.4, 0.5) is 5.00 Å². The molecular formula is C27H29N3O6S. The van der Waals surface area contributed by atoms with E-state index in [2.05, 4.69) is 22.5 Å². The second kappa shape index (κ2) is 10.3. The van der Waals surface area contributed by atoms with Gasteiger partial charge in [0, 0.05) is 18.0 Å². The molecule has 3 aromatic rings. The van der Waals surface area contributed by atoms with Gasteiger partial charge in [0.05, 0.1) is 32.5 Å². The van der Waals surface area contributed by atoms with Crippen molar-refractivity contribution in [3.8, 4) is 23.0 Å². The van der Waals surface area contributed by atoms with E-state index in [0.29, 0.717) is 23.0 Å². The van der Waals surface area contributed by atoms with Crippen LogP contribution in [0.5, 0.6) is 23.0 Å². The van der Waals surface area contributed by atoms with Crippen LogP contribution in [0.3, 0.4) is 0 Å². The van der Waals surface area contributed by atoms with E-state index in [-0.39, 0.29) is 11.5 Å². The third-order valence-electron chi connectivity index (χ3n) is 6.66. The van der Waals surface area contributed by atoms with Crippen LogP contribution in [-0.2, 0) is 13.0 Å². The number of nitrogens with one attached hydrogen (secondary N) is 2. The molecule has 2 N–H and O–H groups in total. The van der Waals surface area contributed by atoms with Gasteiger partial charge >= 0.3 is 5.97 Å². The van der Waals surface area contributed by atoms with Crippen LogP contribution in [0.15, 0.2) is 36.4 Å². The minimum atomic E-state index is -0.578. The fourth-order valence-corrected chi connectivity index (χ4v) is 6.04. The summed E-state index contributed by atoms with van der Waals surface area (Å²) in [6.07, 6.45) is 0.434. The van der Waals surface area contributed by atoms with E-state index in [1.54, 1.807) is 29.5 Å². The van der Waals surface area contributed by atoms with Crippen molar-refractivity contribution in [1.82, 2.24) is 10.2 Å². The molecule has 5 rings (SSSR count). The molecule has 194 valence electrons. The molecule has 1 atom stereocenters. The van der Waals surface area contributed by atoms with Gasteiger partial charge in [-0.2, -0.15) is 0 Å². The number of carbonyl (C=O) groups excluding carboxylic acids is 2. The number of hydrogen-bond acceptors (Lipinski definition) is 9. The molecule has 1 unspecified atom stereocenters. The number of anilines is 1. The molecule has 0 radical (unpaired) electrons. The maximum Gasteiger partial charge on any atom is 0.343 e. The van der Waals surface area contributed by atoms with Crippen LogP contribution in [-0.4, -0.2) is 51.2 Å². The zero-order valence-corrected chi connectivity index (χ0v) is 22.0. The first-order valence-corrected chi connectivity index (χ1v) is 12.8. The van der Waals surface area contributed by atoms with Crippen LogP contribution >= 0.6 is 11.3 Å². The van der Waals surface area contributed by atoms with Gasteiger partial charge in [-0.15, -0.1) is 11.3 Å². The number of fused-ring (bicyclic) bond motifs is 3. The summed E-state index contributed by atoms with van der Waals surface area (Å²) >= 11 is 1.65. The molecule has 1 aromatic heterocycles. The lowest BCUT2D eigenvalue weighted by atomic mass is 10.0. The van der Waals surface area contributed by atoms with Crippen molar-refractivity contribution in [3.63, 3.8) is 0 Å². The number of thiophene rings is 1. The van der Waals surface area contributed by atoms with Crippen molar-refractivity contribution in [1.29, 1.82) is 0 Å². The van der Waals surface area contributed by atoms with E-state index in [4.69, 9.17) is 18.9 Å². The molecule has 10 heteroatoms. The Bertz CT molecular complexity index is 1330. The van der Waals surface area contributed by atoms with Gasteiger partial charge in [0.2, 0.25) is 5.75 Å². The number of rotatable bonds is 7. The van der Waals surface area contributed by atoms with Crippen molar-refractivity contribution >= 4 is 28.2 Å². The number of ether oxygens (including phenoxy) is 4. The zero-order chi connectivity index (χ0) is 26.1. The minimum absolute atomic E-state index is 0.0824. The Morgan fingerprint density at radius 2 is 1.84 bits per heavy atom. The second-order valence-corrected chi connectivity index (χ2v) is 9.86. The highest BCUT2D eigenvalue weighted by molar-refractivity contribution is 7.16. The average Bonchev–Trinajstić information content (AvgIpc) is 3.30. The molecule has 2 aromatic carbocycles. The summed E-state index contributed by atoms with van der Waals surface area (Å²) in [5.41, 5.74) is 2.94. The number of benzene rings is 2. The lowest BCUT2D eigenvalue weighted by molar-refractivity contribution is 0.0733. The Kier molecular flexibility index (Phi) is 6.94. The van der Waals surface area contributed by atoms with Crippen LogP contribution in [0.1, 0.15) is 49.8 Å². The topological polar surface area (TPSA) is 98.4 Å². The van der Waals surface area contributed by atoms with E-state index in [1.807, 2.05) is 6.07 Å². The number of likely N-dealkylation sites (N-methyl/N-ethyl adjacent to an activating group) is 1. The molecule has 2 aliphatic rings. The Morgan fingerprint density at radius 3 is 2.51 bits per heavy atom. The first-order valence-electron chi connectivity index (χ1n) is 12.0. The molecule has 0 spiro atoms. The summed E-state index contributed by atoms with van der Waals surface area (Å²) in [5, 5.41) is 7.42. The summed E-state index contributed by atoms with van der Waals surface area (Å²) in [7, 11) is 4.46. The highest BCUT2D eigenvalue weighted by atomic mass is 32.1. The molecule has 0 bridgehead atoms. The fraction of sp³-hybridized carbons (Fsp3) is 0.333. The highest BCUT2D eigenvalue weighted by Gasteiger charge is 2.33. The summed E-state index contributed by atoms with van der Waals surface area (Å²) < 4.78 is 21.7. The lowest BCUT2D eigenvalue weighted by Gasteiger charge is -2.28. The molecule has 9 nitrogen and oxygen atoms in total. The van der Waals surface area contributed by atoms with Crippen LogP contribution in [0.2, 0.25) is 0 Å². The SMILES string of the molecule is CCN1CCc2c(sc3c2C(=O)NC(c2cccc(OC(=O)c4cc(OC)c(OC)c(OC)c4)c2)N3)C1. The largest absolute Gasteiger partial charge is 0.493 e. The van der Waals surface area contributed by atoms with Gasteiger partial charge < -0.3 is 29.6 Å². The fourth-order valence-electron chi connectivity index (χ4n) is 4.73. The zero-order valence-electron chi connectivity index (χ0n) is 21.2. The first-order chi connectivity index (χ1) is 17.9. The van der Waals surface area contributed by atoms with Gasteiger partial charge in [-0.25, -0.2) is 4.79 Å². The molecule has 1 amide bonds. The van der Waals surface area contributed by atoms with E-state index in [9.17, 15) is 9.59 Å². The summed E-state index contributed by atoms with van der Waals surface area (Å²) in [6.45, 7) is 4.98. The van der Waals surface area contributed by atoms with E-state index >= 15 is 0 Å². The molecule has 0 saturated carbocycles. The van der Waals surface area contributed by atoms with Crippen molar-refractivity contribution < 1.29 is 28.5 Å². The summed E-state index contributed by atoms with van der Waals surface area (Å²) in [5.74, 6) is 0.787. The number of methoxy groups -OCH3 is 3. The van der Waals surface area contributed by atoms with Gasteiger partial charge in [-0.3, -0.25) is 9.69 Å². The van der Waals surface area contributed by atoms with Crippen LogP contribution in [0.25, 0.3) is 0 Å². The molecule has 0 aliphatic carbocycles. The Balaban J connectivity index is 1.36. The summed E-state index contributed by atoms with van der Waals surface area (Å²) in [6, 6.07) is 10.2. The van der Waals surface area contributed by atoms with E-state index in [0.717, 1.165) is 47.7 Å². The van der Waals surface area contributed by atoms with Gasteiger partial charge in [0.15, 0.2) is 11.5 Å². The van der Waals surface area contributed by atoms with Crippen molar-refractivity contribution in [2.75, 3.05) is 39.7 Å². The molecular weight excluding hydrogens is 494 g/mol. The molecule has 0 fully saturated rings. The average molecular weight is 524 g/mol. The van der Waals surface area contributed by atoms with E-state index in [1.165, 1.54) is 38.3 Å². The van der Waals surface area contributed by atoms with Crippen molar-refractivity contribution in [2.24, 2.45) is 0 Å². The second-order valence-electron chi connectivity index (χ2n) is 8.75. The number of nitrogens with zero attached hydrogens (tertiary/aromatic N) is 1. The Labute approximate surface area is 219 Å². The van der Waals surface area contributed by atoms with E-state index < -0.39 is 12.1 Å². The molecule has 3 heterocycles. The highest BCUT2D eigenvalue weighted by Crippen LogP contribution is 2.41. The quantitative estimate of drug-likeness (QED) is 0.351. The van der Waals surface area contributed by atoms with Gasteiger partial charge in [0.1, 0.15) is 16.9 Å². The van der Waals surface area contributed by atoms with Gasteiger partial charge in [0.25, 0.3) is 5.91 Å². The number of amides is 1. The van der Waals surface area contributed by atoms with Crippen molar-refractivity contribution in [3.05, 3.63) is 63.5 Å². The monoisotopic (exact) mass is 523 g/mol. The normalized spacial score (nSPS) is 16.6. The third kappa shape index (κ3) is 4.70. The first kappa shape index (κ1) is 24.9. The summed E-state index contributed by atoms with van der Waals surface area (Å²) in [4.78, 5) is 29.7.